The Kier molecular flexibility index (Phi) is 5.96. The Hall–Kier alpha value is -2.05. The summed E-state index contributed by atoms with van der Waals surface area (Å²) in [6.45, 7) is 3.35. The first-order valence-corrected chi connectivity index (χ1v) is 6.79. The van der Waals surface area contributed by atoms with Crippen molar-refractivity contribution < 1.29 is 27.9 Å². The zero-order valence-corrected chi connectivity index (χ0v) is 12.4. The number of carboxylic acids is 1. The molecule has 4 nitrogen and oxygen atoms in total. The minimum atomic E-state index is -4.53. The highest BCUT2D eigenvalue weighted by Crippen LogP contribution is 2.32. The molecule has 0 heterocycles. The van der Waals surface area contributed by atoms with Crippen LogP contribution in [-0.4, -0.2) is 34.5 Å². The van der Waals surface area contributed by atoms with E-state index in [1.807, 2.05) is 0 Å². The number of halogens is 3. The zero-order valence-electron chi connectivity index (χ0n) is 12.4. The summed E-state index contributed by atoms with van der Waals surface area (Å²) in [6.07, 6.45) is -5.18. The third-order valence-electron chi connectivity index (χ3n) is 3.17. The molecule has 0 aliphatic heterocycles. The van der Waals surface area contributed by atoms with Crippen molar-refractivity contribution >= 4 is 11.9 Å². The summed E-state index contributed by atoms with van der Waals surface area (Å²) >= 11 is 0. The van der Waals surface area contributed by atoms with E-state index in [1.165, 1.54) is 23.1 Å². The van der Waals surface area contributed by atoms with Crippen LogP contribution in [0.25, 0.3) is 0 Å². The molecule has 0 saturated heterocycles. The van der Waals surface area contributed by atoms with Gasteiger partial charge in [0.1, 0.15) is 0 Å². The summed E-state index contributed by atoms with van der Waals surface area (Å²) in [6, 6.07) is 4.61. The molecule has 0 unspecified atom stereocenters. The largest absolute Gasteiger partial charge is 0.481 e. The first-order valence-electron chi connectivity index (χ1n) is 6.79. The van der Waals surface area contributed by atoms with E-state index in [-0.39, 0.29) is 24.6 Å². The fourth-order valence-electron chi connectivity index (χ4n) is 2.10. The van der Waals surface area contributed by atoms with Crippen molar-refractivity contribution in [2.45, 2.75) is 38.9 Å². The Morgan fingerprint density at radius 1 is 1.23 bits per heavy atom. The monoisotopic (exact) mass is 317 g/mol. The van der Waals surface area contributed by atoms with E-state index >= 15 is 0 Å². The van der Waals surface area contributed by atoms with Gasteiger partial charge < -0.3 is 10.0 Å². The summed E-state index contributed by atoms with van der Waals surface area (Å²) in [4.78, 5) is 24.1. The average Bonchev–Trinajstić information content (AvgIpc) is 2.37. The van der Waals surface area contributed by atoms with Crippen molar-refractivity contribution in [3.8, 4) is 0 Å². The number of aliphatic carboxylic acids is 1. The lowest BCUT2D eigenvalue weighted by atomic mass is 10.0. The Bertz CT molecular complexity index is 541. The molecule has 1 aromatic rings. The van der Waals surface area contributed by atoms with Crippen LogP contribution in [0.2, 0.25) is 0 Å². The fraction of sp³-hybridized carbons (Fsp3) is 0.467. The molecule has 0 radical (unpaired) electrons. The molecule has 7 heteroatoms. The lowest BCUT2D eigenvalue weighted by Crippen LogP contribution is -2.39. The van der Waals surface area contributed by atoms with Crippen molar-refractivity contribution in [2.75, 3.05) is 6.54 Å². The maximum Gasteiger partial charge on any atom is 0.416 e. The summed E-state index contributed by atoms with van der Waals surface area (Å²) in [5, 5.41) is 8.68. The minimum absolute atomic E-state index is 0.0278. The van der Waals surface area contributed by atoms with Crippen molar-refractivity contribution in [2.24, 2.45) is 0 Å². The Morgan fingerprint density at radius 2 is 1.82 bits per heavy atom. The van der Waals surface area contributed by atoms with E-state index in [0.29, 0.717) is 0 Å². The Balaban J connectivity index is 2.93. The molecule has 122 valence electrons. The lowest BCUT2D eigenvalue weighted by Gasteiger charge is -2.26. The van der Waals surface area contributed by atoms with Crippen LogP contribution < -0.4 is 0 Å². The fourth-order valence-corrected chi connectivity index (χ4v) is 2.10. The number of rotatable bonds is 6. The molecule has 0 bridgehead atoms. The van der Waals surface area contributed by atoms with Gasteiger partial charge in [-0.15, -0.1) is 0 Å². The van der Waals surface area contributed by atoms with E-state index < -0.39 is 30.0 Å². The number of hydrogen-bond acceptors (Lipinski definition) is 2. The smallest absolute Gasteiger partial charge is 0.416 e. The molecule has 22 heavy (non-hydrogen) atoms. The standard InChI is InChI=1S/C15H18F3NO3/c1-10(2)19(8-7-14(21)22)13(20)9-11-5-3-4-6-12(11)15(16,17)18/h3-6,10H,7-9H2,1-2H3,(H,21,22). The van der Waals surface area contributed by atoms with Crippen LogP contribution >= 0.6 is 0 Å². The summed E-state index contributed by atoms with van der Waals surface area (Å²) in [5.74, 6) is -1.58. The van der Waals surface area contributed by atoms with Crippen LogP contribution in [0.1, 0.15) is 31.4 Å². The topological polar surface area (TPSA) is 57.6 Å². The van der Waals surface area contributed by atoms with Crippen molar-refractivity contribution in [3.63, 3.8) is 0 Å². The van der Waals surface area contributed by atoms with Gasteiger partial charge in [0.15, 0.2) is 0 Å². The molecule has 1 N–H and O–H groups in total. The van der Waals surface area contributed by atoms with Gasteiger partial charge in [-0.2, -0.15) is 13.2 Å². The van der Waals surface area contributed by atoms with Gasteiger partial charge in [-0.25, -0.2) is 0 Å². The van der Waals surface area contributed by atoms with Gasteiger partial charge in [0, 0.05) is 12.6 Å². The quantitative estimate of drug-likeness (QED) is 0.877. The molecule has 1 rings (SSSR count). The predicted octanol–water partition coefficient (Wildman–Crippen LogP) is 2.96. The Labute approximate surface area is 126 Å². The van der Waals surface area contributed by atoms with Gasteiger partial charge in [-0.05, 0) is 25.5 Å². The van der Waals surface area contributed by atoms with Crippen LogP contribution in [0, 0.1) is 0 Å². The summed E-state index contributed by atoms with van der Waals surface area (Å²) in [5.41, 5.74) is -0.953. The molecular weight excluding hydrogens is 299 g/mol. The van der Waals surface area contributed by atoms with Crippen LogP contribution in [-0.2, 0) is 22.2 Å². The summed E-state index contributed by atoms with van der Waals surface area (Å²) < 4.78 is 38.7. The third-order valence-corrected chi connectivity index (χ3v) is 3.17. The molecule has 1 aromatic carbocycles. The van der Waals surface area contributed by atoms with Gasteiger partial charge in [-0.1, -0.05) is 18.2 Å². The number of hydrogen-bond donors (Lipinski definition) is 1. The summed E-state index contributed by atoms with van der Waals surface area (Å²) in [7, 11) is 0. The first kappa shape index (κ1) is 18.0. The number of nitrogens with zero attached hydrogens (tertiary/aromatic N) is 1. The normalized spacial score (nSPS) is 11.5. The minimum Gasteiger partial charge on any atom is -0.481 e. The lowest BCUT2D eigenvalue weighted by molar-refractivity contribution is -0.139. The molecule has 0 fully saturated rings. The maximum absolute atomic E-state index is 12.9. The first-order chi connectivity index (χ1) is 10.1. The molecular formula is C15H18F3NO3. The van der Waals surface area contributed by atoms with Crippen molar-refractivity contribution in [3.05, 3.63) is 35.4 Å². The van der Waals surface area contributed by atoms with Gasteiger partial charge in [0.05, 0.1) is 18.4 Å². The van der Waals surface area contributed by atoms with E-state index in [4.69, 9.17) is 5.11 Å². The number of alkyl halides is 3. The highest BCUT2D eigenvalue weighted by molar-refractivity contribution is 5.80. The van der Waals surface area contributed by atoms with Crippen LogP contribution in [0.5, 0.6) is 0 Å². The van der Waals surface area contributed by atoms with Crippen LogP contribution in [0.15, 0.2) is 24.3 Å². The van der Waals surface area contributed by atoms with Gasteiger partial charge in [0.25, 0.3) is 0 Å². The second-order valence-electron chi connectivity index (χ2n) is 5.16. The second-order valence-corrected chi connectivity index (χ2v) is 5.16. The second kappa shape index (κ2) is 7.29. The molecule has 0 saturated carbocycles. The highest BCUT2D eigenvalue weighted by Gasteiger charge is 2.33. The number of carbonyl (C=O) groups excluding carboxylic acids is 1. The zero-order chi connectivity index (χ0) is 16.9. The number of benzene rings is 1. The highest BCUT2D eigenvalue weighted by atomic mass is 19.4. The van der Waals surface area contributed by atoms with E-state index in [0.717, 1.165) is 6.07 Å². The SMILES string of the molecule is CC(C)N(CCC(=O)O)C(=O)Cc1ccccc1C(F)(F)F. The van der Waals surface area contributed by atoms with E-state index in [9.17, 15) is 22.8 Å². The predicted molar refractivity (Wildman–Crippen MR) is 74.2 cm³/mol. The number of carboxylic acid groups (broad SMARTS) is 1. The molecule has 0 aliphatic carbocycles. The van der Waals surface area contributed by atoms with Gasteiger partial charge in [-0.3, -0.25) is 9.59 Å². The van der Waals surface area contributed by atoms with Crippen molar-refractivity contribution in [1.29, 1.82) is 0 Å². The Morgan fingerprint density at radius 3 is 2.32 bits per heavy atom. The van der Waals surface area contributed by atoms with Crippen molar-refractivity contribution in [1.82, 2.24) is 4.90 Å². The van der Waals surface area contributed by atoms with E-state index in [1.54, 1.807) is 13.8 Å². The van der Waals surface area contributed by atoms with Gasteiger partial charge >= 0.3 is 12.1 Å². The molecule has 0 atom stereocenters. The molecule has 1 amide bonds. The maximum atomic E-state index is 12.9. The number of carbonyl (C=O) groups is 2. The molecule has 0 aliphatic rings. The van der Waals surface area contributed by atoms with E-state index in [2.05, 4.69) is 0 Å². The van der Waals surface area contributed by atoms with Crippen LogP contribution in [0.3, 0.4) is 0 Å². The number of amides is 1. The van der Waals surface area contributed by atoms with Crippen LogP contribution in [0.4, 0.5) is 13.2 Å². The average molecular weight is 317 g/mol. The third kappa shape index (κ3) is 5.05. The van der Waals surface area contributed by atoms with Gasteiger partial charge in [0.2, 0.25) is 5.91 Å². The molecule has 0 spiro atoms. The molecule has 0 aromatic heterocycles.